The van der Waals surface area contributed by atoms with E-state index in [1.54, 1.807) is 0 Å². The van der Waals surface area contributed by atoms with Crippen molar-refractivity contribution in [3.8, 4) is 0 Å². The fraction of sp³-hybridized carbons (Fsp3) is 0.727. The molecule has 1 amide bonds. The van der Waals surface area contributed by atoms with Gasteiger partial charge in [-0.15, -0.1) is 0 Å². The summed E-state index contributed by atoms with van der Waals surface area (Å²) < 4.78 is 10.4. The molecule has 1 fully saturated rings. The van der Waals surface area contributed by atoms with Crippen LogP contribution in [0.15, 0.2) is 4.52 Å². The number of ether oxygens (including phenoxy) is 1. The van der Waals surface area contributed by atoms with Crippen LogP contribution < -0.4 is 5.32 Å². The van der Waals surface area contributed by atoms with E-state index in [-0.39, 0.29) is 11.7 Å². The van der Waals surface area contributed by atoms with Crippen molar-refractivity contribution in [1.29, 1.82) is 0 Å². The van der Waals surface area contributed by atoms with E-state index in [0.29, 0.717) is 18.4 Å². The van der Waals surface area contributed by atoms with E-state index in [9.17, 15) is 4.79 Å². The lowest BCUT2D eigenvalue weighted by molar-refractivity contribution is 0.0950. The molecule has 0 radical (unpaired) electrons. The lowest BCUT2D eigenvalue weighted by Crippen LogP contribution is -2.26. The van der Waals surface area contributed by atoms with Gasteiger partial charge in [0.05, 0.1) is 13.2 Å². The Morgan fingerprint density at radius 2 is 2.44 bits per heavy atom. The molecule has 0 saturated carbocycles. The minimum atomic E-state index is -0.336. The number of aromatic nitrogens is 2. The third-order valence-electron chi connectivity index (χ3n) is 2.90. The Labute approximate surface area is 105 Å². The van der Waals surface area contributed by atoms with Gasteiger partial charge in [-0.3, -0.25) is 9.69 Å². The van der Waals surface area contributed by atoms with Crippen LogP contribution in [0, 0.1) is 5.92 Å². The monoisotopic (exact) mass is 254 g/mol. The van der Waals surface area contributed by atoms with Crippen LogP contribution in [0.4, 0.5) is 0 Å². The second-order valence-electron chi connectivity index (χ2n) is 4.52. The van der Waals surface area contributed by atoms with Crippen LogP contribution in [0.25, 0.3) is 0 Å². The Balaban J connectivity index is 1.84. The molecule has 0 spiro atoms. The van der Waals surface area contributed by atoms with Crippen molar-refractivity contribution in [2.45, 2.75) is 13.0 Å². The first-order valence-electron chi connectivity index (χ1n) is 6.00. The normalized spacial score (nSPS) is 19.4. The zero-order valence-electron chi connectivity index (χ0n) is 10.7. The molecule has 1 aliphatic heterocycles. The maximum Gasteiger partial charge on any atom is 0.292 e. The fourth-order valence-corrected chi connectivity index (χ4v) is 1.99. The number of carbonyl (C=O) groups excluding carboxylic acids is 1. The molecule has 1 aromatic heterocycles. The minimum Gasteiger partial charge on any atom is -0.381 e. The van der Waals surface area contributed by atoms with E-state index in [0.717, 1.165) is 26.2 Å². The highest BCUT2D eigenvalue weighted by molar-refractivity contribution is 5.89. The first kappa shape index (κ1) is 13.0. The van der Waals surface area contributed by atoms with Gasteiger partial charge in [0.15, 0.2) is 0 Å². The largest absolute Gasteiger partial charge is 0.381 e. The van der Waals surface area contributed by atoms with Crippen LogP contribution in [0.3, 0.4) is 0 Å². The second kappa shape index (κ2) is 5.92. The smallest absolute Gasteiger partial charge is 0.292 e. The Hall–Kier alpha value is -1.47. The van der Waals surface area contributed by atoms with Gasteiger partial charge in [0.25, 0.3) is 11.7 Å². The van der Waals surface area contributed by atoms with Crippen LogP contribution >= 0.6 is 0 Å². The number of hydrogen-bond donors (Lipinski definition) is 1. The molecule has 1 aliphatic rings. The van der Waals surface area contributed by atoms with Crippen LogP contribution in [-0.2, 0) is 11.3 Å². The van der Waals surface area contributed by atoms with Crippen molar-refractivity contribution in [2.75, 3.05) is 33.9 Å². The number of amides is 1. The maximum absolute atomic E-state index is 11.3. The lowest BCUT2D eigenvalue weighted by atomic mass is 10.1. The van der Waals surface area contributed by atoms with Gasteiger partial charge in [-0.25, -0.2) is 0 Å². The molecular weight excluding hydrogens is 236 g/mol. The molecular formula is C11H18N4O3. The van der Waals surface area contributed by atoms with Crippen molar-refractivity contribution >= 4 is 5.91 Å². The van der Waals surface area contributed by atoms with Crippen molar-refractivity contribution in [3.05, 3.63) is 11.7 Å². The highest BCUT2D eigenvalue weighted by Gasteiger charge is 2.19. The average Bonchev–Trinajstić information content (AvgIpc) is 2.99. The first-order chi connectivity index (χ1) is 8.69. The SMILES string of the molecule is CNC(=O)c1noc(CN(C)C[C@@H]2CCOC2)n1. The Kier molecular flexibility index (Phi) is 4.27. The van der Waals surface area contributed by atoms with Gasteiger partial charge in [-0.2, -0.15) is 4.98 Å². The molecule has 1 atom stereocenters. The summed E-state index contributed by atoms with van der Waals surface area (Å²) in [6.07, 6.45) is 1.09. The van der Waals surface area contributed by atoms with Crippen molar-refractivity contribution < 1.29 is 14.1 Å². The maximum atomic E-state index is 11.3. The van der Waals surface area contributed by atoms with Gasteiger partial charge in [-0.1, -0.05) is 5.16 Å². The molecule has 0 bridgehead atoms. The van der Waals surface area contributed by atoms with E-state index in [1.807, 2.05) is 7.05 Å². The summed E-state index contributed by atoms with van der Waals surface area (Å²) >= 11 is 0. The molecule has 0 aromatic carbocycles. The summed E-state index contributed by atoms with van der Waals surface area (Å²) in [7, 11) is 3.52. The number of carbonyl (C=O) groups is 1. The summed E-state index contributed by atoms with van der Waals surface area (Å²) in [5.41, 5.74) is 0. The van der Waals surface area contributed by atoms with Crippen LogP contribution in [0.1, 0.15) is 22.9 Å². The molecule has 7 nitrogen and oxygen atoms in total. The van der Waals surface area contributed by atoms with E-state index in [1.165, 1.54) is 7.05 Å². The summed E-state index contributed by atoms with van der Waals surface area (Å²) in [4.78, 5) is 17.4. The van der Waals surface area contributed by atoms with Crippen molar-refractivity contribution in [3.63, 3.8) is 0 Å². The standard InChI is InChI=1S/C11H18N4O3/c1-12-11(16)10-13-9(18-14-10)6-15(2)5-8-3-4-17-7-8/h8H,3-7H2,1-2H3,(H,12,16)/t8-/m0/s1. The van der Waals surface area contributed by atoms with Crippen molar-refractivity contribution in [1.82, 2.24) is 20.4 Å². The van der Waals surface area contributed by atoms with Gasteiger partial charge >= 0.3 is 0 Å². The quantitative estimate of drug-likeness (QED) is 0.790. The van der Waals surface area contributed by atoms with E-state index < -0.39 is 0 Å². The summed E-state index contributed by atoms with van der Waals surface area (Å²) in [6, 6.07) is 0. The highest BCUT2D eigenvalue weighted by Crippen LogP contribution is 2.14. The number of rotatable bonds is 5. The average molecular weight is 254 g/mol. The minimum absolute atomic E-state index is 0.0742. The van der Waals surface area contributed by atoms with Crippen LogP contribution in [0.5, 0.6) is 0 Å². The topological polar surface area (TPSA) is 80.5 Å². The molecule has 1 aromatic rings. The van der Waals surface area contributed by atoms with E-state index in [4.69, 9.17) is 9.26 Å². The predicted octanol–water partition coefficient (Wildman–Crippen LogP) is -0.102. The van der Waals surface area contributed by atoms with Gasteiger partial charge in [-0.05, 0) is 19.4 Å². The van der Waals surface area contributed by atoms with Crippen molar-refractivity contribution in [2.24, 2.45) is 5.92 Å². The lowest BCUT2D eigenvalue weighted by Gasteiger charge is -2.17. The Bertz CT molecular complexity index is 401. The number of nitrogens with zero attached hydrogens (tertiary/aromatic N) is 3. The Morgan fingerprint density at radius 1 is 1.61 bits per heavy atom. The number of hydrogen-bond acceptors (Lipinski definition) is 6. The molecule has 0 unspecified atom stereocenters. The van der Waals surface area contributed by atoms with Crippen LogP contribution in [0.2, 0.25) is 0 Å². The summed E-state index contributed by atoms with van der Waals surface area (Å²) in [5.74, 6) is 0.758. The Morgan fingerprint density at radius 3 is 3.11 bits per heavy atom. The van der Waals surface area contributed by atoms with Gasteiger partial charge < -0.3 is 14.6 Å². The summed E-state index contributed by atoms with van der Waals surface area (Å²) in [6.45, 7) is 3.13. The van der Waals surface area contributed by atoms with Crippen LogP contribution in [-0.4, -0.2) is 54.8 Å². The molecule has 0 aliphatic carbocycles. The molecule has 1 N–H and O–H groups in total. The molecule has 1 saturated heterocycles. The van der Waals surface area contributed by atoms with E-state index >= 15 is 0 Å². The highest BCUT2D eigenvalue weighted by atomic mass is 16.5. The summed E-state index contributed by atoms with van der Waals surface area (Å²) in [5, 5.41) is 6.07. The van der Waals surface area contributed by atoms with Gasteiger partial charge in [0.2, 0.25) is 5.89 Å². The molecule has 2 rings (SSSR count). The molecule has 100 valence electrons. The third kappa shape index (κ3) is 3.27. The van der Waals surface area contributed by atoms with Gasteiger partial charge in [0.1, 0.15) is 0 Å². The zero-order chi connectivity index (χ0) is 13.0. The predicted molar refractivity (Wildman–Crippen MR) is 62.9 cm³/mol. The molecule has 7 heteroatoms. The zero-order valence-corrected chi connectivity index (χ0v) is 10.7. The second-order valence-corrected chi connectivity index (χ2v) is 4.52. The fourth-order valence-electron chi connectivity index (χ4n) is 1.99. The molecule has 2 heterocycles. The third-order valence-corrected chi connectivity index (χ3v) is 2.90. The first-order valence-corrected chi connectivity index (χ1v) is 6.00. The van der Waals surface area contributed by atoms with E-state index in [2.05, 4.69) is 20.4 Å². The molecule has 18 heavy (non-hydrogen) atoms. The van der Waals surface area contributed by atoms with Gasteiger partial charge in [0, 0.05) is 20.2 Å². The number of nitrogens with one attached hydrogen (secondary N) is 1.